The molecule has 8 heteroatoms. The summed E-state index contributed by atoms with van der Waals surface area (Å²) >= 11 is 4.73. The van der Waals surface area contributed by atoms with E-state index >= 15 is 0 Å². The molecule has 1 amide bonds. The van der Waals surface area contributed by atoms with Crippen molar-refractivity contribution in [2.45, 2.75) is 45.4 Å². The van der Waals surface area contributed by atoms with Crippen molar-refractivity contribution in [1.29, 1.82) is 0 Å². The van der Waals surface area contributed by atoms with Crippen molar-refractivity contribution < 1.29 is 4.79 Å². The Hall–Kier alpha value is -2.06. The van der Waals surface area contributed by atoms with E-state index in [0.717, 1.165) is 22.2 Å². The Labute approximate surface area is 182 Å². The molecule has 1 aromatic carbocycles. The number of H-pyrrole nitrogens is 1. The molecule has 0 bridgehead atoms. The Morgan fingerprint density at radius 2 is 2.14 bits per heavy atom. The fraction of sp³-hybridized carbons (Fsp3) is 0.381. The molecule has 0 spiro atoms. The third-order valence-corrected chi connectivity index (χ3v) is 5.95. The van der Waals surface area contributed by atoms with E-state index in [2.05, 4.69) is 45.1 Å². The number of fused-ring (bicyclic) bond motifs is 1. The van der Waals surface area contributed by atoms with E-state index < -0.39 is 0 Å². The topological polar surface area (TPSA) is 79.8 Å². The van der Waals surface area contributed by atoms with E-state index in [1.807, 2.05) is 37.3 Å². The van der Waals surface area contributed by atoms with Gasteiger partial charge in [0.15, 0.2) is 5.16 Å². The molecule has 29 heavy (non-hydrogen) atoms. The molecular formula is C21H25BrN4O2S. The van der Waals surface area contributed by atoms with Crippen LogP contribution in [0.4, 0.5) is 0 Å². The first-order valence-corrected chi connectivity index (χ1v) is 11.4. The van der Waals surface area contributed by atoms with Gasteiger partial charge in [0.2, 0.25) is 5.91 Å². The van der Waals surface area contributed by atoms with Gasteiger partial charge in [-0.3, -0.25) is 14.2 Å². The zero-order valence-electron chi connectivity index (χ0n) is 16.8. The summed E-state index contributed by atoms with van der Waals surface area (Å²) in [4.78, 5) is 33.0. The number of carbonyl (C=O) groups is 1. The number of aryl methyl sites for hydroxylation is 1. The quantitative estimate of drug-likeness (QED) is 0.376. The van der Waals surface area contributed by atoms with Gasteiger partial charge in [-0.15, -0.1) is 0 Å². The summed E-state index contributed by atoms with van der Waals surface area (Å²) in [5, 5.41) is 3.50. The van der Waals surface area contributed by atoms with Gasteiger partial charge in [-0.2, -0.15) is 0 Å². The molecule has 3 rings (SSSR count). The lowest BCUT2D eigenvalue weighted by Crippen LogP contribution is -2.27. The monoisotopic (exact) mass is 476 g/mol. The molecule has 2 heterocycles. The Morgan fingerprint density at radius 3 is 2.86 bits per heavy atom. The first-order chi connectivity index (χ1) is 13.8. The number of rotatable bonds is 8. The molecule has 2 N–H and O–H groups in total. The van der Waals surface area contributed by atoms with Crippen LogP contribution in [0, 0.1) is 12.8 Å². The molecule has 0 fully saturated rings. The Morgan fingerprint density at radius 1 is 1.34 bits per heavy atom. The predicted molar refractivity (Wildman–Crippen MR) is 121 cm³/mol. The van der Waals surface area contributed by atoms with Crippen LogP contribution in [0.2, 0.25) is 0 Å². The van der Waals surface area contributed by atoms with Gasteiger partial charge in [-0.1, -0.05) is 53.7 Å². The van der Waals surface area contributed by atoms with Crippen LogP contribution in [0.15, 0.2) is 44.8 Å². The van der Waals surface area contributed by atoms with Crippen LogP contribution in [0.1, 0.15) is 31.5 Å². The van der Waals surface area contributed by atoms with Gasteiger partial charge in [0.1, 0.15) is 5.52 Å². The minimum atomic E-state index is -0.0926. The molecule has 0 unspecified atom stereocenters. The maximum absolute atomic E-state index is 12.9. The second-order valence-electron chi connectivity index (χ2n) is 7.44. The summed E-state index contributed by atoms with van der Waals surface area (Å²) in [5.74, 6) is 0.580. The normalized spacial score (nSPS) is 11.3. The van der Waals surface area contributed by atoms with Crippen molar-refractivity contribution >= 4 is 44.6 Å². The summed E-state index contributed by atoms with van der Waals surface area (Å²) in [7, 11) is 0. The van der Waals surface area contributed by atoms with E-state index in [9.17, 15) is 9.59 Å². The summed E-state index contributed by atoms with van der Waals surface area (Å²) in [6.07, 6.45) is 0.870. The first-order valence-electron chi connectivity index (χ1n) is 9.57. The lowest BCUT2D eigenvalue weighted by Gasteiger charge is -2.13. The van der Waals surface area contributed by atoms with E-state index in [0.29, 0.717) is 35.2 Å². The van der Waals surface area contributed by atoms with Gasteiger partial charge in [0, 0.05) is 23.3 Å². The van der Waals surface area contributed by atoms with Crippen LogP contribution in [0.3, 0.4) is 0 Å². The summed E-state index contributed by atoms with van der Waals surface area (Å²) in [6, 6.07) is 9.68. The molecule has 0 aliphatic heterocycles. The number of aromatic amines is 1. The number of hydrogen-bond donors (Lipinski definition) is 2. The van der Waals surface area contributed by atoms with Crippen LogP contribution in [0.25, 0.3) is 11.0 Å². The molecule has 0 radical (unpaired) electrons. The number of amides is 1. The van der Waals surface area contributed by atoms with Gasteiger partial charge in [-0.25, -0.2) is 4.98 Å². The number of hydrogen-bond acceptors (Lipinski definition) is 4. The number of carbonyl (C=O) groups excluding carboxylic acids is 1. The van der Waals surface area contributed by atoms with E-state index in [4.69, 9.17) is 0 Å². The van der Waals surface area contributed by atoms with Gasteiger partial charge < -0.3 is 10.3 Å². The first kappa shape index (κ1) is 21.6. The number of halogens is 1. The average Bonchev–Trinajstić information content (AvgIpc) is 3.04. The van der Waals surface area contributed by atoms with Gasteiger partial charge in [0.25, 0.3) is 5.56 Å². The van der Waals surface area contributed by atoms with Crippen LogP contribution in [-0.2, 0) is 17.9 Å². The molecule has 0 saturated carbocycles. The Kier molecular flexibility index (Phi) is 7.18. The van der Waals surface area contributed by atoms with Crippen LogP contribution in [-0.4, -0.2) is 26.2 Å². The van der Waals surface area contributed by atoms with E-state index in [1.54, 1.807) is 4.57 Å². The standard InChI is InChI=1S/C21H25BrN4O2S/c1-13(2)7-8-26-20(28)19-17(9-14(3)24-19)25-21(26)29-12-18(27)23-11-15-5-4-6-16(22)10-15/h4-6,9-10,13,24H,7-8,11-12H2,1-3H3,(H,23,27). The molecule has 0 aliphatic rings. The Balaban J connectivity index is 1.72. The number of thioether (sulfide) groups is 1. The maximum Gasteiger partial charge on any atom is 0.278 e. The second kappa shape index (κ2) is 9.63. The summed E-state index contributed by atoms with van der Waals surface area (Å²) < 4.78 is 2.66. The third-order valence-electron chi connectivity index (χ3n) is 4.48. The highest BCUT2D eigenvalue weighted by Gasteiger charge is 2.15. The van der Waals surface area contributed by atoms with Crippen molar-refractivity contribution in [2.75, 3.05) is 5.75 Å². The summed E-state index contributed by atoms with van der Waals surface area (Å²) in [5.41, 5.74) is 3.00. The fourth-order valence-corrected chi connectivity index (χ4v) is 4.24. The van der Waals surface area contributed by atoms with E-state index in [-0.39, 0.29) is 17.2 Å². The van der Waals surface area contributed by atoms with Crippen LogP contribution < -0.4 is 10.9 Å². The number of nitrogens with zero attached hydrogens (tertiary/aromatic N) is 2. The molecule has 0 atom stereocenters. The molecule has 0 aliphatic carbocycles. The highest BCUT2D eigenvalue weighted by Crippen LogP contribution is 2.19. The second-order valence-corrected chi connectivity index (χ2v) is 9.30. The zero-order chi connectivity index (χ0) is 21.0. The Bertz CT molecular complexity index is 1070. The van der Waals surface area contributed by atoms with Gasteiger partial charge in [0.05, 0.1) is 11.3 Å². The summed E-state index contributed by atoms with van der Waals surface area (Å²) in [6.45, 7) is 7.19. The van der Waals surface area contributed by atoms with Gasteiger partial charge >= 0.3 is 0 Å². The van der Waals surface area contributed by atoms with Crippen molar-refractivity contribution in [3.8, 4) is 0 Å². The van der Waals surface area contributed by atoms with Crippen molar-refractivity contribution in [3.05, 3.63) is 56.4 Å². The molecule has 3 aromatic rings. The number of aromatic nitrogens is 3. The maximum atomic E-state index is 12.9. The molecular weight excluding hydrogens is 452 g/mol. The van der Waals surface area contributed by atoms with Crippen molar-refractivity contribution in [3.63, 3.8) is 0 Å². The van der Waals surface area contributed by atoms with Crippen LogP contribution >= 0.6 is 27.7 Å². The molecule has 0 saturated heterocycles. The SMILES string of the molecule is Cc1cc2nc(SCC(=O)NCc3cccc(Br)c3)n(CCC(C)C)c(=O)c2[nH]1. The van der Waals surface area contributed by atoms with Gasteiger partial charge in [-0.05, 0) is 43.0 Å². The fourth-order valence-electron chi connectivity index (χ4n) is 2.93. The minimum absolute atomic E-state index is 0.0826. The minimum Gasteiger partial charge on any atom is -0.353 e. The highest BCUT2D eigenvalue weighted by atomic mass is 79.9. The molecule has 154 valence electrons. The molecule has 6 nitrogen and oxygen atoms in total. The zero-order valence-corrected chi connectivity index (χ0v) is 19.2. The lowest BCUT2D eigenvalue weighted by molar-refractivity contribution is -0.118. The smallest absolute Gasteiger partial charge is 0.278 e. The van der Waals surface area contributed by atoms with Crippen molar-refractivity contribution in [2.24, 2.45) is 5.92 Å². The number of nitrogens with one attached hydrogen (secondary N) is 2. The average molecular weight is 477 g/mol. The number of benzene rings is 1. The largest absolute Gasteiger partial charge is 0.353 e. The highest BCUT2D eigenvalue weighted by molar-refractivity contribution is 9.10. The lowest BCUT2D eigenvalue weighted by atomic mass is 10.1. The third kappa shape index (κ3) is 5.73. The van der Waals surface area contributed by atoms with E-state index in [1.165, 1.54) is 11.8 Å². The van der Waals surface area contributed by atoms with Crippen molar-refractivity contribution in [1.82, 2.24) is 19.9 Å². The predicted octanol–water partition coefficient (Wildman–Crippen LogP) is 4.25. The van der Waals surface area contributed by atoms with Crippen LogP contribution in [0.5, 0.6) is 0 Å². The molecule has 2 aromatic heterocycles.